The van der Waals surface area contributed by atoms with E-state index < -0.39 is 0 Å². The quantitative estimate of drug-likeness (QED) is 0.647. The molecule has 0 bridgehead atoms. The molecule has 0 aromatic rings. The molecule has 0 spiro atoms. The molecule has 0 aliphatic heterocycles. The van der Waals surface area contributed by atoms with Crippen molar-refractivity contribution in [3.8, 4) is 0 Å². The van der Waals surface area contributed by atoms with Gasteiger partial charge >= 0.3 is 0 Å². The van der Waals surface area contributed by atoms with Crippen LogP contribution in [-0.4, -0.2) is 11.2 Å². The summed E-state index contributed by atoms with van der Waals surface area (Å²) in [6.45, 7) is 2.10. The van der Waals surface area contributed by atoms with E-state index in [0.717, 1.165) is 12.3 Å². The number of hydrogen-bond donors (Lipinski definition) is 1. The Morgan fingerprint density at radius 3 is 3.00 bits per heavy atom. The lowest BCUT2D eigenvalue weighted by molar-refractivity contribution is 0.0625. The highest BCUT2D eigenvalue weighted by Crippen LogP contribution is 2.63. The molecule has 2 rings (SSSR count). The molecule has 1 N–H and O–H groups in total. The molecule has 2 saturated carbocycles. The molecule has 64 valence electrons. The molecule has 0 amide bonds. The molecule has 2 fully saturated rings. The van der Waals surface area contributed by atoms with E-state index in [1.54, 1.807) is 0 Å². The Labute approximate surface area is 68.8 Å². The summed E-state index contributed by atoms with van der Waals surface area (Å²) in [6, 6.07) is 0. The number of rotatable bonds is 2. The van der Waals surface area contributed by atoms with E-state index in [4.69, 9.17) is 0 Å². The predicted molar refractivity (Wildman–Crippen MR) is 45.3 cm³/mol. The van der Waals surface area contributed by atoms with Crippen LogP contribution in [0.3, 0.4) is 0 Å². The van der Waals surface area contributed by atoms with Crippen molar-refractivity contribution in [1.29, 1.82) is 0 Å². The highest BCUT2D eigenvalue weighted by Gasteiger charge is 2.58. The van der Waals surface area contributed by atoms with Crippen LogP contribution in [0.1, 0.15) is 45.4 Å². The highest BCUT2D eigenvalue weighted by atomic mass is 16.3. The molecular formula is C10H18O. The van der Waals surface area contributed by atoms with Crippen molar-refractivity contribution in [2.75, 3.05) is 0 Å². The maximum Gasteiger partial charge on any atom is 0.0596 e. The van der Waals surface area contributed by atoms with Crippen LogP contribution in [0.25, 0.3) is 0 Å². The fraction of sp³-hybridized carbons (Fsp3) is 1.00. The molecule has 2 aliphatic carbocycles. The minimum absolute atomic E-state index is 0.00722. The number of aliphatic hydroxyl groups excluding tert-OH is 1. The molecule has 1 heteroatoms. The molecule has 3 atom stereocenters. The van der Waals surface area contributed by atoms with Crippen LogP contribution in [0.4, 0.5) is 0 Å². The van der Waals surface area contributed by atoms with Crippen LogP contribution in [-0.2, 0) is 0 Å². The standard InChI is InChI=1S/C10H18O/c1-2-9(11)10-6-4-3-5-8(10)7-10/h8-9,11H,2-7H2,1H3/t8-,9+,10-/m1/s1. The minimum atomic E-state index is 0.00722. The summed E-state index contributed by atoms with van der Waals surface area (Å²) in [5.41, 5.74) is 0.410. The van der Waals surface area contributed by atoms with Crippen molar-refractivity contribution < 1.29 is 5.11 Å². The molecule has 1 nitrogen and oxygen atoms in total. The molecule has 0 heterocycles. The van der Waals surface area contributed by atoms with Crippen molar-refractivity contribution in [2.24, 2.45) is 11.3 Å². The van der Waals surface area contributed by atoms with Crippen molar-refractivity contribution in [2.45, 2.75) is 51.6 Å². The molecule has 11 heavy (non-hydrogen) atoms. The molecule has 0 saturated heterocycles. The second-order valence-corrected chi connectivity index (χ2v) is 4.30. The summed E-state index contributed by atoms with van der Waals surface area (Å²) in [6.07, 6.45) is 7.73. The first kappa shape index (κ1) is 7.60. The Hall–Kier alpha value is -0.0400. The first-order valence-corrected chi connectivity index (χ1v) is 4.97. The summed E-state index contributed by atoms with van der Waals surface area (Å²) in [4.78, 5) is 0. The van der Waals surface area contributed by atoms with Crippen LogP contribution in [0.2, 0.25) is 0 Å². The normalized spacial score (nSPS) is 44.7. The Morgan fingerprint density at radius 2 is 2.36 bits per heavy atom. The number of hydrogen-bond acceptors (Lipinski definition) is 1. The van der Waals surface area contributed by atoms with Gasteiger partial charge in [0.05, 0.1) is 6.10 Å². The van der Waals surface area contributed by atoms with Gasteiger partial charge in [0.15, 0.2) is 0 Å². The van der Waals surface area contributed by atoms with Crippen molar-refractivity contribution in [3.05, 3.63) is 0 Å². The Bertz CT molecular complexity index is 155. The summed E-state index contributed by atoms with van der Waals surface area (Å²) in [5, 5.41) is 9.78. The zero-order chi connectivity index (χ0) is 7.90. The van der Waals surface area contributed by atoms with E-state index in [1.165, 1.54) is 32.1 Å². The van der Waals surface area contributed by atoms with Gasteiger partial charge in [-0.2, -0.15) is 0 Å². The summed E-state index contributed by atoms with van der Waals surface area (Å²) >= 11 is 0. The van der Waals surface area contributed by atoms with Gasteiger partial charge in [-0.05, 0) is 37.0 Å². The van der Waals surface area contributed by atoms with Gasteiger partial charge in [0.2, 0.25) is 0 Å². The highest BCUT2D eigenvalue weighted by molar-refractivity contribution is 5.07. The van der Waals surface area contributed by atoms with Gasteiger partial charge in [0.25, 0.3) is 0 Å². The summed E-state index contributed by atoms with van der Waals surface area (Å²) in [7, 11) is 0. The third-order valence-electron chi connectivity index (χ3n) is 3.77. The van der Waals surface area contributed by atoms with E-state index in [0.29, 0.717) is 5.41 Å². The first-order chi connectivity index (χ1) is 5.29. The molecule has 0 unspecified atom stereocenters. The van der Waals surface area contributed by atoms with E-state index in [2.05, 4.69) is 6.92 Å². The maximum atomic E-state index is 9.78. The lowest BCUT2D eigenvalue weighted by Crippen LogP contribution is -2.25. The predicted octanol–water partition coefficient (Wildman–Crippen LogP) is 2.34. The zero-order valence-electron chi connectivity index (χ0n) is 7.34. The SMILES string of the molecule is CC[C@H](O)[C@@]12CCCC[C@@H]1C2. The molecular weight excluding hydrogens is 136 g/mol. The van der Waals surface area contributed by atoms with Crippen molar-refractivity contribution in [3.63, 3.8) is 0 Å². The summed E-state index contributed by atoms with van der Waals surface area (Å²) < 4.78 is 0. The largest absolute Gasteiger partial charge is 0.393 e. The van der Waals surface area contributed by atoms with Gasteiger partial charge in [0.1, 0.15) is 0 Å². The molecule has 0 aromatic heterocycles. The summed E-state index contributed by atoms with van der Waals surface area (Å²) in [5.74, 6) is 0.895. The average Bonchev–Trinajstić information content (AvgIpc) is 2.78. The Morgan fingerprint density at radius 1 is 1.55 bits per heavy atom. The topological polar surface area (TPSA) is 20.2 Å². The smallest absolute Gasteiger partial charge is 0.0596 e. The Balaban J connectivity index is 2.01. The average molecular weight is 154 g/mol. The monoisotopic (exact) mass is 154 g/mol. The van der Waals surface area contributed by atoms with E-state index in [-0.39, 0.29) is 6.10 Å². The molecule has 0 aromatic carbocycles. The second-order valence-electron chi connectivity index (χ2n) is 4.30. The lowest BCUT2D eigenvalue weighted by atomic mass is 9.83. The Kier molecular flexibility index (Phi) is 1.71. The third kappa shape index (κ3) is 1.01. The van der Waals surface area contributed by atoms with Crippen LogP contribution in [0.5, 0.6) is 0 Å². The number of fused-ring (bicyclic) bond motifs is 1. The fourth-order valence-corrected chi connectivity index (χ4v) is 2.92. The molecule has 0 radical (unpaired) electrons. The first-order valence-electron chi connectivity index (χ1n) is 4.97. The fourth-order valence-electron chi connectivity index (χ4n) is 2.92. The van der Waals surface area contributed by atoms with Crippen molar-refractivity contribution in [1.82, 2.24) is 0 Å². The van der Waals surface area contributed by atoms with Crippen LogP contribution in [0, 0.1) is 11.3 Å². The minimum Gasteiger partial charge on any atom is -0.393 e. The lowest BCUT2D eigenvalue weighted by Gasteiger charge is -2.26. The van der Waals surface area contributed by atoms with Gasteiger partial charge in [-0.1, -0.05) is 19.8 Å². The van der Waals surface area contributed by atoms with Gasteiger partial charge in [-0.15, -0.1) is 0 Å². The third-order valence-corrected chi connectivity index (χ3v) is 3.77. The second kappa shape index (κ2) is 2.48. The number of aliphatic hydroxyl groups is 1. The van der Waals surface area contributed by atoms with Gasteiger partial charge in [-0.25, -0.2) is 0 Å². The van der Waals surface area contributed by atoms with Crippen molar-refractivity contribution >= 4 is 0 Å². The van der Waals surface area contributed by atoms with Crippen LogP contribution in [0.15, 0.2) is 0 Å². The van der Waals surface area contributed by atoms with Gasteiger partial charge < -0.3 is 5.11 Å². The van der Waals surface area contributed by atoms with Crippen LogP contribution < -0.4 is 0 Å². The van der Waals surface area contributed by atoms with Gasteiger partial charge in [0, 0.05) is 0 Å². The van der Waals surface area contributed by atoms with E-state index in [9.17, 15) is 5.11 Å². The maximum absolute atomic E-state index is 9.78. The zero-order valence-corrected chi connectivity index (χ0v) is 7.34. The van der Waals surface area contributed by atoms with E-state index >= 15 is 0 Å². The van der Waals surface area contributed by atoms with E-state index in [1.807, 2.05) is 0 Å². The van der Waals surface area contributed by atoms with Gasteiger partial charge in [-0.3, -0.25) is 0 Å². The van der Waals surface area contributed by atoms with Crippen LogP contribution >= 0.6 is 0 Å². The molecule has 2 aliphatic rings.